The topological polar surface area (TPSA) is 76.2 Å². The van der Waals surface area contributed by atoms with E-state index in [-0.39, 0.29) is 36.6 Å². The zero-order valence-corrected chi connectivity index (χ0v) is 21.8. The molecule has 1 aliphatic rings. The van der Waals surface area contributed by atoms with Gasteiger partial charge < -0.3 is 14.4 Å². The zero-order valence-electron chi connectivity index (χ0n) is 20.1. The first kappa shape index (κ1) is 25.2. The van der Waals surface area contributed by atoms with Gasteiger partial charge in [-0.2, -0.15) is 4.31 Å². The molecule has 0 atom stereocenters. The summed E-state index contributed by atoms with van der Waals surface area (Å²) in [6.07, 6.45) is 0. The van der Waals surface area contributed by atoms with Gasteiger partial charge in [0.15, 0.2) is 11.5 Å². The maximum absolute atomic E-state index is 13.6. The number of ether oxygens (including phenoxy) is 2. The lowest BCUT2D eigenvalue weighted by atomic mass is 10.2. The van der Waals surface area contributed by atoms with Crippen LogP contribution in [0.25, 0.3) is 0 Å². The first-order chi connectivity index (χ1) is 16.7. The van der Waals surface area contributed by atoms with Gasteiger partial charge in [0.2, 0.25) is 22.7 Å². The molecule has 0 fully saturated rings. The molecule has 0 saturated carbocycles. The van der Waals surface area contributed by atoms with Crippen molar-refractivity contribution < 1.29 is 22.7 Å². The van der Waals surface area contributed by atoms with E-state index in [0.717, 1.165) is 16.0 Å². The molecule has 0 unspecified atom stereocenters. The summed E-state index contributed by atoms with van der Waals surface area (Å²) in [7, 11) is -3.83. The van der Waals surface area contributed by atoms with E-state index < -0.39 is 10.0 Å². The van der Waals surface area contributed by atoms with E-state index in [1.807, 2.05) is 56.5 Å². The third kappa shape index (κ3) is 6.22. The van der Waals surface area contributed by atoms with Gasteiger partial charge in [0.05, 0.1) is 18.0 Å². The van der Waals surface area contributed by atoms with Crippen molar-refractivity contribution in [3.05, 3.63) is 76.0 Å². The lowest BCUT2D eigenvalue weighted by molar-refractivity contribution is -0.132. The van der Waals surface area contributed by atoms with Crippen LogP contribution in [-0.2, 0) is 27.9 Å². The van der Waals surface area contributed by atoms with Crippen LogP contribution >= 0.6 is 11.3 Å². The largest absolute Gasteiger partial charge is 0.454 e. The van der Waals surface area contributed by atoms with Crippen LogP contribution in [-0.4, -0.2) is 43.4 Å². The number of rotatable bonds is 10. The highest BCUT2D eigenvalue weighted by Gasteiger charge is 2.29. The summed E-state index contributed by atoms with van der Waals surface area (Å²) in [5.41, 5.74) is 1.86. The van der Waals surface area contributed by atoms with Crippen LogP contribution in [0.2, 0.25) is 0 Å². The average Bonchev–Trinajstić information content (AvgIpc) is 3.49. The van der Waals surface area contributed by atoms with E-state index in [1.165, 1.54) is 4.31 Å². The van der Waals surface area contributed by atoms with Gasteiger partial charge in [-0.1, -0.05) is 43.7 Å². The highest BCUT2D eigenvalue weighted by Crippen LogP contribution is 2.33. The fraction of sp³-hybridized carbons (Fsp3) is 0.346. The first-order valence-electron chi connectivity index (χ1n) is 11.5. The zero-order chi connectivity index (χ0) is 25.0. The van der Waals surface area contributed by atoms with Gasteiger partial charge in [0.1, 0.15) is 0 Å². The van der Waals surface area contributed by atoms with Crippen molar-refractivity contribution in [3.63, 3.8) is 0 Å². The van der Waals surface area contributed by atoms with Crippen molar-refractivity contribution in [2.75, 3.05) is 19.9 Å². The smallest absolute Gasteiger partial charge is 0.243 e. The number of hydrogen-bond acceptors (Lipinski definition) is 6. The van der Waals surface area contributed by atoms with Crippen LogP contribution in [0, 0.1) is 12.8 Å². The summed E-state index contributed by atoms with van der Waals surface area (Å²) in [4.78, 5) is 16.5. The monoisotopic (exact) mass is 514 g/mol. The van der Waals surface area contributed by atoms with E-state index >= 15 is 0 Å². The molecule has 0 radical (unpaired) electrons. The van der Waals surface area contributed by atoms with E-state index in [0.29, 0.717) is 24.6 Å². The van der Waals surface area contributed by atoms with Crippen LogP contribution in [0.5, 0.6) is 11.5 Å². The standard InChI is InChI=1S/C26H30N2O5S2/c1-19(2)14-28(35(30,31)23-9-6-20(3)7-10-23)17-26(29)27(16-22-5-4-12-34-22)15-21-8-11-24-25(13-21)33-18-32-24/h4-13,19H,14-18H2,1-3H3. The van der Waals surface area contributed by atoms with Crippen molar-refractivity contribution in [2.24, 2.45) is 5.92 Å². The van der Waals surface area contributed by atoms with Crippen molar-refractivity contribution in [3.8, 4) is 11.5 Å². The quantitative estimate of drug-likeness (QED) is 0.393. The first-order valence-corrected chi connectivity index (χ1v) is 13.8. The number of sulfonamides is 1. The molecular weight excluding hydrogens is 484 g/mol. The van der Waals surface area contributed by atoms with Gasteiger partial charge in [-0.25, -0.2) is 8.42 Å². The Labute approximate surface area is 210 Å². The fourth-order valence-electron chi connectivity index (χ4n) is 3.85. The summed E-state index contributed by atoms with van der Waals surface area (Å²) >= 11 is 1.56. The molecule has 0 bridgehead atoms. The Morgan fingerprint density at radius 2 is 1.77 bits per heavy atom. The molecule has 0 saturated heterocycles. The number of hydrogen-bond donors (Lipinski definition) is 0. The van der Waals surface area contributed by atoms with E-state index in [2.05, 4.69) is 0 Å². The summed E-state index contributed by atoms with van der Waals surface area (Å²) in [5, 5.41) is 1.96. The lowest BCUT2D eigenvalue weighted by Crippen LogP contribution is -2.43. The Morgan fingerprint density at radius 3 is 2.46 bits per heavy atom. The summed E-state index contributed by atoms with van der Waals surface area (Å²) in [6.45, 7) is 6.71. The Bertz CT molecular complexity index is 1260. The van der Waals surface area contributed by atoms with Gasteiger partial charge in [-0.3, -0.25) is 4.79 Å². The van der Waals surface area contributed by atoms with Crippen molar-refractivity contribution >= 4 is 27.3 Å². The Kier molecular flexibility index (Phi) is 7.78. The number of nitrogens with zero attached hydrogens (tertiary/aromatic N) is 2. The predicted molar refractivity (Wildman–Crippen MR) is 136 cm³/mol. The SMILES string of the molecule is Cc1ccc(S(=O)(=O)N(CC(=O)N(Cc2ccc3c(c2)OCO3)Cc2cccs2)CC(C)C)cc1. The molecule has 2 aromatic carbocycles. The second-order valence-corrected chi connectivity index (χ2v) is 12.0. The number of thiophene rings is 1. The Morgan fingerprint density at radius 1 is 1.03 bits per heavy atom. The van der Waals surface area contributed by atoms with E-state index in [1.54, 1.807) is 40.5 Å². The molecule has 7 nitrogen and oxygen atoms in total. The average molecular weight is 515 g/mol. The van der Waals surface area contributed by atoms with Gasteiger partial charge in [-0.05, 0) is 54.1 Å². The van der Waals surface area contributed by atoms with E-state index in [9.17, 15) is 13.2 Å². The fourth-order valence-corrected chi connectivity index (χ4v) is 6.12. The number of benzene rings is 2. The third-order valence-electron chi connectivity index (χ3n) is 5.63. The van der Waals surface area contributed by atoms with Crippen LogP contribution < -0.4 is 9.47 Å². The summed E-state index contributed by atoms with van der Waals surface area (Å²) < 4.78 is 39.1. The molecule has 2 heterocycles. The highest BCUT2D eigenvalue weighted by molar-refractivity contribution is 7.89. The molecule has 1 amide bonds. The van der Waals surface area contributed by atoms with Crippen LogP contribution in [0.1, 0.15) is 29.9 Å². The second-order valence-electron chi connectivity index (χ2n) is 9.02. The number of fused-ring (bicyclic) bond motifs is 1. The number of carbonyl (C=O) groups is 1. The molecule has 0 N–H and O–H groups in total. The van der Waals surface area contributed by atoms with Gasteiger partial charge >= 0.3 is 0 Å². The van der Waals surface area contributed by atoms with Crippen molar-refractivity contribution in [1.29, 1.82) is 0 Å². The highest BCUT2D eigenvalue weighted by atomic mass is 32.2. The second kappa shape index (κ2) is 10.8. The van der Waals surface area contributed by atoms with Crippen molar-refractivity contribution in [2.45, 2.75) is 38.8 Å². The number of carbonyl (C=O) groups excluding carboxylic acids is 1. The third-order valence-corrected chi connectivity index (χ3v) is 8.32. The molecule has 4 rings (SSSR count). The normalized spacial score (nSPS) is 12.9. The molecule has 0 spiro atoms. The predicted octanol–water partition coefficient (Wildman–Crippen LogP) is 4.66. The maximum atomic E-state index is 13.6. The molecule has 1 aromatic heterocycles. The van der Waals surface area contributed by atoms with E-state index in [4.69, 9.17) is 9.47 Å². The summed E-state index contributed by atoms with van der Waals surface area (Å²) in [6, 6.07) is 16.2. The molecule has 1 aliphatic heterocycles. The maximum Gasteiger partial charge on any atom is 0.243 e. The minimum atomic E-state index is -3.83. The Hall–Kier alpha value is -2.88. The molecule has 3 aromatic rings. The van der Waals surface area contributed by atoms with Crippen molar-refractivity contribution in [1.82, 2.24) is 9.21 Å². The Balaban J connectivity index is 1.59. The molecule has 0 aliphatic carbocycles. The van der Waals surface area contributed by atoms with Crippen LogP contribution in [0.4, 0.5) is 0 Å². The molecule has 9 heteroatoms. The van der Waals surface area contributed by atoms with Gasteiger partial charge in [-0.15, -0.1) is 11.3 Å². The minimum Gasteiger partial charge on any atom is -0.454 e. The lowest BCUT2D eigenvalue weighted by Gasteiger charge is -2.28. The summed E-state index contributed by atoms with van der Waals surface area (Å²) in [5.74, 6) is 1.13. The van der Waals surface area contributed by atoms with Gasteiger partial charge in [0.25, 0.3) is 0 Å². The van der Waals surface area contributed by atoms with Crippen LogP contribution in [0.15, 0.2) is 64.9 Å². The molecule has 186 valence electrons. The number of aryl methyl sites for hydroxylation is 1. The van der Waals surface area contributed by atoms with Gasteiger partial charge in [0, 0.05) is 18.0 Å². The molecular formula is C26H30N2O5S2. The minimum absolute atomic E-state index is 0.0580. The van der Waals surface area contributed by atoms with Crippen LogP contribution in [0.3, 0.4) is 0 Å². The molecule has 35 heavy (non-hydrogen) atoms. The number of amides is 1.